The van der Waals surface area contributed by atoms with Crippen LogP contribution in [0.1, 0.15) is 18.1 Å². The molecule has 0 saturated heterocycles. The van der Waals surface area contributed by atoms with Crippen molar-refractivity contribution >= 4 is 17.8 Å². The number of methoxy groups -OCH3 is 1. The van der Waals surface area contributed by atoms with E-state index in [0.717, 1.165) is 16.9 Å². The Balaban J connectivity index is 1.72. The first kappa shape index (κ1) is 17.5. The summed E-state index contributed by atoms with van der Waals surface area (Å²) in [5, 5.41) is 10.2. The molecule has 0 bridgehead atoms. The van der Waals surface area contributed by atoms with Crippen molar-refractivity contribution in [2.45, 2.75) is 13.5 Å². The van der Waals surface area contributed by atoms with E-state index < -0.39 is 5.97 Å². The summed E-state index contributed by atoms with van der Waals surface area (Å²) in [6.07, 6.45) is 1.70. The molecule has 1 aliphatic rings. The fourth-order valence-corrected chi connectivity index (χ4v) is 2.60. The summed E-state index contributed by atoms with van der Waals surface area (Å²) in [6, 6.07) is 17.4. The van der Waals surface area contributed by atoms with Crippen molar-refractivity contribution < 1.29 is 19.4 Å². The van der Waals surface area contributed by atoms with Gasteiger partial charge in [0.2, 0.25) is 0 Å². The van der Waals surface area contributed by atoms with Gasteiger partial charge in [0.25, 0.3) is 0 Å². The van der Waals surface area contributed by atoms with Crippen molar-refractivity contribution in [3.63, 3.8) is 0 Å². The van der Waals surface area contributed by atoms with Crippen molar-refractivity contribution in [2.75, 3.05) is 7.11 Å². The smallest absolute Gasteiger partial charge is 0.343 e. The van der Waals surface area contributed by atoms with E-state index in [0.29, 0.717) is 18.0 Å². The van der Waals surface area contributed by atoms with Crippen LogP contribution in [-0.2, 0) is 16.1 Å². The molecule has 5 heteroatoms. The molecule has 0 spiro atoms. The fourth-order valence-electron chi connectivity index (χ4n) is 2.60. The number of hydrogen-bond acceptors (Lipinski definition) is 5. The number of rotatable bonds is 5. The zero-order valence-corrected chi connectivity index (χ0v) is 14.6. The minimum absolute atomic E-state index is 0.0987. The van der Waals surface area contributed by atoms with Gasteiger partial charge in [-0.1, -0.05) is 42.5 Å². The number of carbonyl (C=O) groups excluding carboxylic acids is 1. The first-order chi connectivity index (χ1) is 12.6. The maximum absolute atomic E-state index is 11.7. The Morgan fingerprint density at radius 3 is 2.46 bits per heavy atom. The molecule has 0 fully saturated rings. The molecule has 0 unspecified atom stereocenters. The number of aliphatic imine (C=N–C) groups is 1. The summed E-state index contributed by atoms with van der Waals surface area (Å²) in [6.45, 7) is 2.15. The Morgan fingerprint density at radius 1 is 1.12 bits per heavy atom. The van der Waals surface area contributed by atoms with Crippen LogP contribution in [0.3, 0.4) is 0 Å². The van der Waals surface area contributed by atoms with E-state index in [-0.39, 0.29) is 11.3 Å². The molecule has 0 atom stereocenters. The van der Waals surface area contributed by atoms with Gasteiger partial charge in [-0.05, 0) is 36.3 Å². The van der Waals surface area contributed by atoms with Gasteiger partial charge in [0.1, 0.15) is 23.6 Å². The van der Waals surface area contributed by atoms with Crippen LogP contribution in [-0.4, -0.2) is 23.9 Å². The predicted molar refractivity (Wildman–Crippen MR) is 100.0 cm³/mol. The Hall–Kier alpha value is -3.34. The lowest BCUT2D eigenvalue weighted by Gasteiger charge is -2.06. The van der Waals surface area contributed by atoms with Gasteiger partial charge in [-0.15, -0.1) is 0 Å². The second kappa shape index (κ2) is 7.70. The highest BCUT2D eigenvalue weighted by Crippen LogP contribution is 2.26. The molecule has 0 aromatic heterocycles. The van der Waals surface area contributed by atoms with E-state index >= 15 is 0 Å². The molecular weight excluding hydrogens is 330 g/mol. The first-order valence-electron chi connectivity index (χ1n) is 8.14. The van der Waals surface area contributed by atoms with E-state index in [2.05, 4.69) is 9.73 Å². The average Bonchev–Trinajstić information content (AvgIpc) is 2.94. The largest absolute Gasteiger partial charge is 0.505 e. The fraction of sp³-hybridized carbons (Fsp3) is 0.143. The predicted octanol–water partition coefficient (Wildman–Crippen LogP) is 4.07. The number of aliphatic hydroxyl groups excluding tert-OH is 1. The molecule has 5 nitrogen and oxygen atoms in total. The van der Waals surface area contributed by atoms with Crippen molar-refractivity contribution in [2.24, 2.45) is 4.99 Å². The van der Waals surface area contributed by atoms with Crippen LogP contribution in [0.15, 0.2) is 76.6 Å². The molecule has 1 N–H and O–H groups in total. The Morgan fingerprint density at radius 2 is 1.81 bits per heavy atom. The third kappa shape index (κ3) is 3.83. The third-order valence-electron chi connectivity index (χ3n) is 3.95. The number of aliphatic hydroxyl groups is 1. The van der Waals surface area contributed by atoms with Crippen LogP contribution >= 0.6 is 0 Å². The van der Waals surface area contributed by atoms with Crippen LogP contribution in [0.2, 0.25) is 0 Å². The number of carbonyl (C=O) groups is 1. The van der Waals surface area contributed by atoms with Crippen molar-refractivity contribution in [3.05, 3.63) is 82.8 Å². The van der Waals surface area contributed by atoms with E-state index in [1.807, 2.05) is 54.6 Å². The number of benzene rings is 2. The molecule has 132 valence electrons. The van der Waals surface area contributed by atoms with Crippen LogP contribution in [0.5, 0.6) is 5.75 Å². The van der Waals surface area contributed by atoms with Gasteiger partial charge in [0.05, 0.1) is 12.8 Å². The second-order valence-corrected chi connectivity index (χ2v) is 5.79. The zero-order valence-electron chi connectivity index (χ0n) is 14.6. The number of ether oxygens (including phenoxy) is 2. The number of hydrogen-bond donors (Lipinski definition) is 1. The van der Waals surface area contributed by atoms with Crippen LogP contribution in [0, 0.1) is 0 Å². The molecule has 2 aromatic rings. The summed E-state index contributed by atoms with van der Waals surface area (Å²) in [5.74, 6) is -0.0207. The molecule has 0 aliphatic carbocycles. The van der Waals surface area contributed by atoms with Gasteiger partial charge in [-0.3, -0.25) is 0 Å². The first-order valence-corrected chi connectivity index (χ1v) is 8.14. The summed E-state index contributed by atoms with van der Waals surface area (Å²) in [7, 11) is 1.27. The Kier molecular flexibility index (Phi) is 5.17. The highest BCUT2D eigenvalue weighted by Gasteiger charge is 2.27. The van der Waals surface area contributed by atoms with E-state index in [1.54, 1.807) is 13.0 Å². The quantitative estimate of drug-likeness (QED) is 0.827. The summed E-state index contributed by atoms with van der Waals surface area (Å²) in [4.78, 5) is 15.9. The number of esters is 1. The van der Waals surface area contributed by atoms with Gasteiger partial charge in [0, 0.05) is 0 Å². The Bertz CT molecular complexity index is 893. The molecule has 1 heterocycles. The van der Waals surface area contributed by atoms with Crippen molar-refractivity contribution in [1.29, 1.82) is 0 Å². The van der Waals surface area contributed by atoms with E-state index in [1.165, 1.54) is 7.11 Å². The van der Waals surface area contributed by atoms with Gasteiger partial charge in [-0.25, -0.2) is 9.79 Å². The van der Waals surface area contributed by atoms with Crippen LogP contribution < -0.4 is 4.74 Å². The van der Waals surface area contributed by atoms with Gasteiger partial charge in [0.15, 0.2) is 5.76 Å². The highest BCUT2D eigenvalue weighted by molar-refractivity contribution is 6.21. The minimum Gasteiger partial charge on any atom is -0.505 e. The van der Waals surface area contributed by atoms with E-state index in [4.69, 9.17) is 4.74 Å². The molecule has 1 aliphatic heterocycles. The lowest BCUT2D eigenvalue weighted by molar-refractivity contribution is -0.135. The summed E-state index contributed by atoms with van der Waals surface area (Å²) in [5.41, 5.74) is 2.80. The van der Waals surface area contributed by atoms with Crippen molar-refractivity contribution in [3.8, 4) is 5.75 Å². The maximum atomic E-state index is 11.7. The minimum atomic E-state index is -0.600. The molecule has 0 amide bonds. The summed E-state index contributed by atoms with van der Waals surface area (Å²) >= 11 is 0. The lowest BCUT2D eigenvalue weighted by Crippen LogP contribution is -2.11. The topological polar surface area (TPSA) is 68.1 Å². The third-order valence-corrected chi connectivity index (χ3v) is 3.95. The number of nitrogens with zero attached hydrogens (tertiary/aromatic N) is 1. The molecular formula is C21H19NO4. The Labute approximate surface area is 151 Å². The van der Waals surface area contributed by atoms with E-state index in [9.17, 15) is 9.90 Å². The molecule has 0 radical (unpaired) electrons. The monoisotopic (exact) mass is 349 g/mol. The summed E-state index contributed by atoms with van der Waals surface area (Å²) < 4.78 is 10.4. The van der Waals surface area contributed by atoms with Gasteiger partial charge < -0.3 is 14.6 Å². The highest BCUT2D eigenvalue weighted by atomic mass is 16.5. The normalized spacial score (nSPS) is 15.2. The zero-order chi connectivity index (χ0) is 18.5. The van der Waals surface area contributed by atoms with Crippen LogP contribution in [0.4, 0.5) is 0 Å². The van der Waals surface area contributed by atoms with Gasteiger partial charge >= 0.3 is 5.97 Å². The van der Waals surface area contributed by atoms with Crippen LogP contribution in [0.25, 0.3) is 6.08 Å². The molecule has 0 saturated carbocycles. The standard InChI is InChI=1S/C21H19NO4/c1-14-19(21(24)25-2)20(23)18(22-14)12-15-8-10-17(11-9-15)26-13-16-6-4-3-5-7-16/h3-12,23H,13H2,1-2H3/b18-12+. The molecule has 2 aromatic carbocycles. The molecule has 3 rings (SSSR count). The van der Waals surface area contributed by atoms with Crippen molar-refractivity contribution in [1.82, 2.24) is 0 Å². The second-order valence-electron chi connectivity index (χ2n) is 5.79. The molecule has 26 heavy (non-hydrogen) atoms. The SMILES string of the molecule is COC(=O)C1=C(O)/C(=C\c2ccc(OCc3ccccc3)cc2)N=C1C. The van der Waals surface area contributed by atoms with Gasteiger partial charge in [-0.2, -0.15) is 0 Å². The average molecular weight is 349 g/mol. The lowest BCUT2D eigenvalue weighted by atomic mass is 10.1. The maximum Gasteiger partial charge on any atom is 0.343 e.